The molecule has 292 valence electrons. The topological polar surface area (TPSA) is 137 Å². The van der Waals surface area contributed by atoms with Crippen molar-refractivity contribution in [3.05, 3.63) is 128 Å². The molecule has 1 unspecified atom stereocenters. The van der Waals surface area contributed by atoms with E-state index in [4.69, 9.17) is 28.0 Å². The number of aromatic nitrogens is 2. The Labute approximate surface area is 323 Å². The standard InChI is InChI=1S/C42H51N4O8P/c1-28(2)46(29(3)4)55(51-23-11-22-43)54-41-25-36(24-37(41)52-38(26-41)45-27-30(5)39(47)44-40(45)48)53-42(31-12-9-8-10-13-31,32-14-18-34(49-6)19-15-32)33-16-20-35(50-7)21-17-33/h8-10,12-21,27-29,36-38H,11,23-26H2,1-7H3,(H,44,47,48)/t36-,37+,38+,41-,55?/m0/s1. The Morgan fingerprint density at radius 3 is 2.05 bits per heavy atom. The van der Waals surface area contributed by atoms with E-state index in [1.807, 2.05) is 66.7 Å². The predicted octanol–water partition coefficient (Wildman–Crippen LogP) is 7.35. The highest BCUT2D eigenvalue weighted by molar-refractivity contribution is 7.44. The lowest BCUT2D eigenvalue weighted by Gasteiger charge is -2.41. The number of methoxy groups -OCH3 is 2. The Hall–Kier alpha value is -4.34. The van der Waals surface area contributed by atoms with Crippen LogP contribution in [0, 0.1) is 18.3 Å². The van der Waals surface area contributed by atoms with Gasteiger partial charge in [-0.3, -0.25) is 14.3 Å². The van der Waals surface area contributed by atoms with Crippen molar-refractivity contribution in [2.45, 2.75) is 102 Å². The number of aryl methyl sites for hydroxylation is 1. The molecular formula is C42H51N4O8P. The summed E-state index contributed by atoms with van der Waals surface area (Å²) < 4.78 is 42.8. The summed E-state index contributed by atoms with van der Waals surface area (Å²) >= 11 is 0. The fraction of sp³-hybridized carbons (Fsp3) is 0.452. The first-order chi connectivity index (χ1) is 26.4. The summed E-state index contributed by atoms with van der Waals surface area (Å²) in [6, 6.07) is 28.3. The molecule has 55 heavy (non-hydrogen) atoms. The van der Waals surface area contributed by atoms with E-state index >= 15 is 0 Å². The first-order valence-electron chi connectivity index (χ1n) is 18.7. The van der Waals surface area contributed by atoms with Crippen LogP contribution in [0.1, 0.15) is 81.9 Å². The van der Waals surface area contributed by atoms with Crippen LogP contribution in [0.15, 0.2) is 94.6 Å². The second-order valence-electron chi connectivity index (χ2n) is 14.6. The number of aromatic amines is 1. The molecule has 12 nitrogen and oxygen atoms in total. The SMILES string of the molecule is COc1ccc(C(O[C@H]2C[C@H]3O[C@@H](n4cc(C)c(=O)[nH]c4=O)C[C@@]3(OP(OCCC#N)N(C(C)C)C(C)C)C2)(c2ccccc2)c2ccc(OC)cc2)cc1. The van der Waals surface area contributed by atoms with Gasteiger partial charge in [0.25, 0.3) is 14.1 Å². The summed E-state index contributed by atoms with van der Waals surface area (Å²) in [5.74, 6) is 1.44. The Bertz CT molecular complexity index is 1990. The second-order valence-corrected chi connectivity index (χ2v) is 16.0. The van der Waals surface area contributed by atoms with E-state index in [1.54, 1.807) is 27.3 Å². The van der Waals surface area contributed by atoms with E-state index in [9.17, 15) is 14.9 Å². The molecule has 2 fully saturated rings. The Kier molecular flexibility index (Phi) is 12.6. The van der Waals surface area contributed by atoms with Gasteiger partial charge in [-0.05, 0) is 75.6 Å². The molecule has 1 saturated heterocycles. The van der Waals surface area contributed by atoms with Gasteiger partial charge in [0.1, 0.15) is 28.9 Å². The number of fused-ring (bicyclic) bond motifs is 1. The number of nitriles is 1. The van der Waals surface area contributed by atoms with Crippen LogP contribution in [0.2, 0.25) is 0 Å². The van der Waals surface area contributed by atoms with Crippen LogP contribution in [-0.4, -0.2) is 64.9 Å². The number of benzene rings is 3. The number of ether oxygens (including phenoxy) is 4. The van der Waals surface area contributed by atoms with Crippen molar-refractivity contribution >= 4 is 8.53 Å². The molecule has 2 aliphatic rings. The van der Waals surface area contributed by atoms with E-state index < -0.39 is 49.4 Å². The molecule has 3 aromatic carbocycles. The predicted molar refractivity (Wildman–Crippen MR) is 210 cm³/mol. The third-order valence-corrected chi connectivity index (χ3v) is 12.6. The van der Waals surface area contributed by atoms with E-state index in [0.717, 1.165) is 28.2 Å². The molecule has 0 bridgehead atoms. The van der Waals surface area contributed by atoms with Gasteiger partial charge in [-0.25, -0.2) is 9.46 Å². The summed E-state index contributed by atoms with van der Waals surface area (Å²) in [4.78, 5) is 27.9. The van der Waals surface area contributed by atoms with Crippen LogP contribution in [0.3, 0.4) is 0 Å². The van der Waals surface area contributed by atoms with Gasteiger partial charge in [0, 0.05) is 43.1 Å². The maximum atomic E-state index is 13.2. The summed E-state index contributed by atoms with van der Waals surface area (Å²) in [7, 11) is 1.59. The fourth-order valence-electron chi connectivity index (χ4n) is 7.89. The number of H-pyrrole nitrogens is 1. The molecule has 1 aliphatic carbocycles. The molecule has 1 N–H and O–H groups in total. The third-order valence-electron chi connectivity index (χ3n) is 10.4. The molecule has 0 radical (unpaired) electrons. The van der Waals surface area contributed by atoms with Gasteiger partial charge in [0.2, 0.25) is 0 Å². The smallest absolute Gasteiger partial charge is 0.330 e. The van der Waals surface area contributed by atoms with Gasteiger partial charge in [0.05, 0.1) is 45.5 Å². The highest BCUT2D eigenvalue weighted by Gasteiger charge is 2.60. The minimum absolute atomic E-state index is 0.0648. The van der Waals surface area contributed by atoms with E-state index in [2.05, 4.69) is 55.6 Å². The van der Waals surface area contributed by atoms with E-state index in [0.29, 0.717) is 24.8 Å². The number of nitrogens with zero attached hydrogens (tertiary/aromatic N) is 3. The van der Waals surface area contributed by atoms with Crippen molar-refractivity contribution in [1.29, 1.82) is 5.26 Å². The van der Waals surface area contributed by atoms with Crippen LogP contribution in [0.25, 0.3) is 0 Å². The highest BCUT2D eigenvalue weighted by Crippen LogP contribution is 2.59. The zero-order chi connectivity index (χ0) is 39.3. The zero-order valence-electron chi connectivity index (χ0n) is 32.6. The molecule has 0 amide bonds. The van der Waals surface area contributed by atoms with Gasteiger partial charge in [0.15, 0.2) is 0 Å². The van der Waals surface area contributed by atoms with E-state index in [1.165, 1.54) is 4.57 Å². The number of hydrogen-bond acceptors (Lipinski definition) is 10. The lowest BCUT2D eigenvalue weighted by Crippen LogP contribution is -2.41. The third kappa shape index (κ3) is 8.29. The van der Waals surface area contributed by atoms with Gasteiger partial charge >= 0.3 is 5.69 Å². The minimum atomic E-state index is -1.69. The zero-order valence-corrected chi connectivity index (χ0v) is 33.5. The van der Waals surface area contributed by atoms with Gasteiger partial charge in [-0.15, -0.1) is 0 Å². The average Bonchev–Trinajstić information content (AvgIpc) is 3.68. The summed E-state index contributed by atoms with van der Waals surface area (Å²) in [5.41, 5.74) is 0.109. The molecule has 2 heterocycles. The molecule has 5 atom stereocenters. The highest BCUT2D eigenvalue weighted by atomic mass is 31.2. The van der Waals surface area contributed by atoms with Crippen LogP contribution in [0.5, 0.6) is 11.5 Å². The molecule has 1 aliphatic heterocycles. The maximum absolute atomic E-state index is 13.2. The first-order valence-corrected chi connectivity index (χ1v) is 19.8. The molecule has 0 spiro atoms. The molecule has 1 aromatic heterocycles. The largest absolute Gasteiger partial charge is 0.497 e. The first kappa shape index (κ1) is 40.3. The summed E-state index contributed by atoms with van der Waals surface area (Å²) in [5, 5.41) is 9.40. The van der Waals surface area contributed by atoms with Crippen LogP contribution in [-0.2, 0) is 24.1 Å². The van der Waals surface area contributed by atoms with Crippen LogP contribution >= 0.6 is 8.53 Å². The van der Waals surface area contributed by atoms with Gasteiger partial charge in [-0.2, -0.15) is 5.26 Å². The quantitative estimate of drug-likeness (QED) is 0.0700. The van der Waals surface area contributed by atoms with Crippen molar-refractivity contribution in [3.8, 4) is 17.6 Å². The lowest BCUT2D eigenvalue weighted by molar-refractivity contribution is -0.0657. The fourth-order valence-corrected chi connectivity index (χ4v) is 9.75. The normalized spacial score (nSPS) is 21.5. The van der Waals surface area contributed by atoms with Crippen molar-refractivity contribution in [2.75, 3.05) is 20.8 Å². The Morgan fingerprint density at radius 2 is 1.51 bits per heavy atom. The summed E-state index contributed by atoms with van der Waals surface area (Å²) in [6.45, 7) is 10.2. The minimum Gasteiger partial charge on any atom is -0.497 e. The Morgan fingerprint density at radius 1 is 0.927 bits per heavy atom. The monoisotopic (exact) mass is 770 g/mol. The number of nitrogens with one attached hydrogen (secondary N) is 1. The molecule has 13 heteroatoms. The Balaban J connectivity index is 1.46. The molecule has 6 rings (SSSR count). The average molecular weight is 771 g/mol. The maximum Gasteiger partial charge on any atom is 0.330 e. The number of hydrogen-bond donors (Lipinski definition) is 1. The van der Waals surface area contributed by atoms with Crippen molar-refractivity contribution in [1.82, 2.24) is 14.2 Å². The van der Waals surface area contributed by atoms with Crippen molar-refractivity contribution in [2.24, 2.45) is 0 Å². The lowest BCUT2D eigenvalue weighted by atomic mass is 9.79. The molecular weight excluding hydrogens is 719 g/mol. The second kappa shape index (κ2) is 17.2. The van der Waals surface area contributed by atoms with Crippen LogP contribution < -0.4 is 20.7 Å². The van der Waals surface area contributed by atoms with Crippen LogP contribution in [0.4, 0.5) is 0 Å². The van der Waals surface area contributed by atoms with Gasteiger partial charge in [-0.1, -0.05) is 54.6 Å². The molecule has 1 saturated carbocycles. The van der Waals surface area contributed by atoms with Gasteiger partial charge < -0.3 is 28.0 Å². The molecule has 4 aromatic rings. The number of rotatable bonds is 16. The van der Waals surface area contributed by atoms with Crippen molar-refractivity contribution in [3.63, 3.8) is 0 Å². The van der Waals surface area contributed by atoms with E-state index in [-0.39, 0.29) is 25.1 Å². The summed E-state index contributed by atoms with van der Waals surface area (Å²) in [6.07, 6.45) is 1.30. The van der Waals surface area contributed by atoms with Crippen molar-refractivity contribution < 1.29 is 28.0 Å².